The number of hydrogen-bond acceptors (Lipinski definition) is 3. The minimum absolute atomic E-state index is 0.141. The van der Waals surface area contributed by atoms with Gasteiger partial charge in [-0.05, 0) is 36.7 Å². The molecule has 0 aromatic heterocycles. The number of anilines is 1. The van der Waals surface area contributed by atoms with E-state index in [9.17, 15) is 19.2 Å². The van der Waals surface area contributed by atoms with E-state index in [2.05, 4.69) is 5.32 Å². The molecule has 0 atom stereocenters. The molecule has 0 aliphatic heterocycles. The van der Waals surface area contributed by atoms with Crippen molar-refractivity contribution in [3.05, 3.63) is 58.4 Å². The van der Waals surface area contributed by atoms with E-state index in [0.29, 0.717) is 11.3 Å². The molecule has 4 nitrogen and oxygen atoms in total. The number of rotatable bonds is 3. The molecule has 21 heavy (non-hydrogen) atoms. The molecule has 1 amide bonds. The van der Waals surface area contributed by atoms with Gasteiger partial charge in [0.2, 0.25) is 0 Å². The molecule has 0 saturated carbocycles. The first kappa shape index (κ1) is 15.5. The number of hydrogen-bond donors (Lipinski definition) is 3. The lowest BCUT2D eigenvalue weighted by atomic mass is 9.77. The molecule has 0 saturated heterocycles. The van der Waals surface area contributed by atoms with Crippen LogP contribution in [0, 0.1) is 12.7 Å². The van der Waals surface area contributed by atoms with E-state index in [1.54, 1.807) is 19.1 Å². The number of amides is 1. The van der Waals surface area contributed by atoms with Crippen LogP contribution in [-0.2, 0) is 0 Å². The van der Waals surface area contributed by atoms with Crippen LogP contribution < -0.4 is 10.8 Å². The normalized spacial score (nSPS) is 10.3. The van der Waals surface area contributed by atoms with Gasteiger partial charge < -0.3 is 15.4 Å². The number of aryl methyl sites for hydroxylation is 1. The Kier molecular flexibility index (Phi) is 4.62. The predicted molar refractivity (Wildman–Crippen MR) is 80.4 cm³/mol. The second-order valence-electron chi connectivity index (χ2n) is 4.50. The summed E-state index contributed by atoms with van der Waals surface area (Å²) in [6, 6.07) is 8.76. The summed E-state index contributed by atoms with van der Waals surface area (Å²) >= 11 is 5.63. The molecule has 0 fully saturated rings. The van der Waals surface area contributed by atoms with Crippen LogP contribution in [0.2, 0.25) is 5.02 Å². The molecule has 0 heterocycles. The third-order valence-corrected chi connectivity index (χ3v) is 3.30. The minimum atomic E-state index is -1.65. The van der Waals surface area contributed by atoms with Gasteiger partial charge in [0, 0.05) is 5.69 Å². The van der Waals surface area contributed by atoms with Crippen molar-refractivity contribution in [1.29, 1.82) is 0 Å². The molecule has 0 bridgehead atoms. The Morgan fingerprint density at radius 2 is 2.00 bits per heavy atom. The molecule has 2 aromatic carbocycles. The van der Waals surface area contributed by atoms with Gasteiger partial charge in [0.1, 0.15) is 0 Å². The van der Waals surface area contributed by atoms with Gasteiger partial charge in [0.05, 0.1) is 10.6 Å². The molecule has 3 N–H and O–H groups in total. The summed E-state index contributed by atoms with van der Waals surface area (Å²) in [5.41, 5.74) is 1.07. The first-order chi connectivity index (χ1) is 9.90. The Labute approximate surface area is 126 Å². The second-order valence-corrected chi connectivity index (χ2v) is 4.91. The molecular weight excluding hydrogens is 295 g/mol. The van der Waals surface area contributed by atoms with Crippen LogP contribution in [0.5, 0.6) is 0 Å². The average molecular weight is 308 g/mol. The van der Waals surface area contributed by atoms with Crippen molar-refractivity contribution in [2.75, 3.05) is 5.32 Å². The van der Waals surface area contributed by atoms with Gasteiger partial charge in [0.15, 0.2) is 5.82 Å². The van der Waals surface area contributed by atoms with Gasteiger partial charge in [-0.3, -0.25) is 4.79 Å². The average Bonchev–Trinajstić information content (AvgIpc) is 2.43. The summed E-state index contributed by atoms with van der Waals surface area (Å²) in [7, 11) is -1.65. The molecule has 0 aliphatic carbocycles. The summed E-state index contributed by atoms with van der Waals surface area (Å²) in [5, 5.41) is 20.8. The first-order valence-electron chi connectivity index (χ1n) is 6.12. The molecule has 2 aromatic rings. The van der Waals surface area contributed by atoms with E-state index < -0.39 is 18.8 Å². The fraction of sp³-hybridized carbons (Fsp3) is 0.0714. The number of carbonyl (C=O) groups excluding carboxylic acids is 1. The number of carbonyl (C=O) groups is 1. The third kappa shape index (κ3) is 3.42. The Hall–Kier alpha value is -1.89. The van der Waals surface area contributed by atoms with Crippen LogP contribution >= 0.6 is 11.6 Å². The van der Waals surface area contributed by atoms with Gasteiger partial charge in [-0.1, -0.05) is 29.3 Å². The van der Waals surface area contributed by atoms with Crippen molar-refractivity contribution in [3.63, 3.8) is 0 Å². The van der Waals surface area contributed by atoms with Gasteiger partial charge in [-0.25, -0.2) is 4.39 Å². The van der Waals surface area contributed by atoms with Crippen LogP contribution in [0.25, 0.3) is 0 Å². The van der Waals surface area contributed by atoms with Gasteiger partial charge in [0.25, 0.3) is 5.91 Å². The summed E-state index contributed by atoms with van der Waals surface area (Å²) in [6.07, 6.45) is 0. The first-order valence-corrected chi connectivity index (χ1v) is 6.50. The van der Waals surface area contributed by atoms with Crippen molar-refractivity contribution in [1.82, 2.24) is 0 Å². The van der Waals surface area contributed by atoms with Crippen molar-refractivity contribution in [3.8, 4) is 0 Å². The van der Waals surface area contributed by atoms with E-state index in [0.717, 1.165) is 0 Å². The summed E-state index contributed by atoms with van der Waals surface area (Å²) in [6.45, 7) is 1.71. The standard InChI is InChI=1S/C14H12BClFNO3/c1-8-5-6-9(7-11(8)15(20)21)18-14(19)10-3-2-4-12(16)13(10)17/h2-7,20-21H,1H3,(H,18,19). The van der Waals surface area contributed by atoms with Crippen molar-refractivity contribution in [2.24, 2.45) is 0 Å². The second kappa shape index (κ2) is 6.26. The highest BCUT2D eigenvalue weighted by Crippen LogP contribution is 2.19. The minimum Gasteiger partial charge on any atom is -0.423 e. The van der Waals surface area contributed by atoms with Crippen LogP contribution in [0.15, 0.2) is 36.4 Å². The smallest absolute Gasteiger partial charge is 0.423 e. The molecule has 0 unspecified atom stereocenters. The van der Waals surface area contributed by atoms with Crippen LogP contribution in [0.4, 0.5) is 10.1 Å². The molecule has 2 rings (SSSR count). The number of halogens is 2. The fourth-order valence-corrected chi connectivity index (χ4v) is 2.05. The lowest BCUT2D eigenvalue weighted by molar-refractivity contribution is 0.102. The summed E-state index contributed by atoms with van der Waals surface area (Å²) in [5.74, 6) is -1.47. The Morgan fingerprint density at radius 3 is 2.67 bits per heavy atom. The van der Waals surface area contributed by atoms with E-state index >= 15 is 0 Å². The Balaban J connectivity index is 2.28. The SMILES string of the molecule is Cc1ccc(NC(=O)c2cccc(Cl)c2F)cc1B(O)O. The zero-order valence-electron chi connectivity index (χ0n) is 11.1. The topological polar surface area (TPSA) is 69.6 Å². The molecule has 0 aliphatic rings. The van der Waals surface area contributed by atoms with E-state index in [4.69, 9.17) is 11.6 Å². The highest BCUT2D eigenvalue weighted by molar-refractivity contribution is 6.59. The lowest BCUT2D eigenvalue weighted by Gasteiger charge is -2.10. The monoisotopic (exact) mass is 307 g/mol. The highest BCUT2D eigenvalue weighted by Gasteiger charge is 2.17. The zero-order valence-corrected chi connectivity index (χ0v) is 11.9. The van der Waals surface area contributed by atoms with Gasteiger partial charge in [-0.15, -0.1) is 0 Å². The van der Waals surface area contributed by atoms with E-state index in [1.165, 1.54) is 24.3 Å². The maximum Gasteiger partial charge on any atom is 0.488 e. The third-order valence-electron chi connectivity index (χ3n) is 3.01. The summed E-state index contributed by atoms with van der Waals surface area (Å²) < 4.78 is 13.8. The van der Waals surface area contributed by atoms with Crippen molar-refractivity contribution in [2.45, 2.75) is 6.92 Å². The molecular formula is C14H12BClFNO3. The van der Waals surface area contributed by atoms with Crippen LogP contribution in [-0.4, -0.2) is 23.1 Å². The molecule has 0 spiro atoms. The van der Waals surface area contributed by atoms with Crippen molar-refractivity contribution >= 4 is 35.8 Å². The van der Waals surface area contributed by atoms with E-state index in [-0.39, 0.29) is 16.0 Å². The predicted octanol–water partition coefficient (Wildman–Crippen LogP) is 1.72. The highest BCUT2D eigenvalue weighted by atomic mass is 35.5. The zero-order chi connectivity index (χ0) is 15.6. The maximum atomic E-state index is 13.8. The Bertz CT molecular complexity index is 694. The quantitative estimate of drug-likeness (QED) is 0.756. The molecule has 0 radical (unpaired) electrons. The van der Waals surface area contributed by atoms with Crippen LogP contribution in [0.1, 0.15) is 15.9 Å². The molecule has 108 valence electrons. The van der Waals surface area contributed by atoms with Crippen molar-refractivity contribution < 1.29 is 19.2 Å². The lowest BCUT2D eigenvalue weighted by Crippen LogP contribution is -2.32. The van der Waals surface area contributed by atoms with Gasteiger partial charge in [-0.2, -0.15) is 0 Å². The van der Waals surface area contributed by atoms with E-state index in [1.807, 2.05) is 0 Å². The fourth-order valence-electron chi connectivity index (χ4n) is 1.87. The number of benzene rings is 2. The largest absolute Gasteiger partial charge is 0.488 e. The Morgan fingerprint density at radius 1 is 1.29 bits per heavy atom. The number of nitrogens with one attached hydrogen (secondary N) is 1. The van der Waals surface area contributed by atoms with Gasteiger partial charge >= 0.3 is 7.12 Å². The molecule has 7 heteroatoms. The summed E-state index contributed by atoms with van der Waals surface area (Å²) in [4.78, 5) is 12.0. The van der Waals surface area contributed by atoms with Crippen LogP contribution in [0.3, 0.4) is 0 Å². The maximum absolute atomic E-state index is 13.8.